The molecule has 0 N–H and O–H groups in total. The predicted molar refractivity (Wildman–Crippen MR) is 90.2 cm³/mol. The van der Waals surface area contributed by atoms with Gasteiger partial charge in [0.05, 0.1) is 6.20 Å². The highest BCUT2D eigenvalue weighted by molar-refractivity contribution is 5.79. The summed E-state index contributed by atoms with van der Waals surface area (Å²) in [6, 6.07) is 0.485. The highest BCUT2D eigenvalue weighted by Gasteiger charge is 2.37. The van der Waals surface area contributed by atoms with Crippen molar-refractivity contribution in [3.8, 4) is 0 Å². The Morgan fingerprint density at radius 2 is 1.96 bits per heavy atom. The lowest BCUT2D eigenvalue weighted by molar-refractivity contribution is -0.135. The van der Waals surface area contributed by atoms with E-state index in [9.17, 15) is 4.79 Å². The van der Waals surface area contributed by atoms with E-state index in [-0.39, 0.29) is 5.92 Å². The van der Waals surface area contributed by atoms with Crippen LogP contribution in [0.25, 0.3) is 0 Å². The Bertz CT molecular complexity index is 527. The van der Waals surface area contributed by atoms with Gasteiger partial charge in [-0.1, -0.05) is 6.92 Å². The Morgan fingerprint density at radius 3 is 2.52 bits per heavy atom. The zero-order chi connectivity index (χ0) is 16.4. The Hall–Kier alpha value is -1.69. The van der Waals surface area contributed by atoms with Crippen molar-refractivity contribution >= 4 is 11.7 Å². The van der Waals surface area contributed by atoms with E-state index >= 15 is 0 Å². The molecule has 0 bridgehead atoms. The number of amides is 1. The lowest BCUT2D eigenvalue weighted by Gasteiger charge is -2.33. The molecule has 2 unspecified atom stereocenters. The second-order valence-electron chi connectivity index (χ2n) is 7.08. The maximum absolute atomic E-state index is 12.8. The zero-order valence-corrected chi connectivity index (χ0v) is 14.4. The highest BCUT2D eigenvalue weighted by Crippen LogP contribution is 2.27. The van der Waals surface area contributed by atoms with Crippen molar-refractivity contribution < 1.29 is 4.79 Å². The minimum Gasteiger partial charge on any atom is -0.355 e. The van der Waals surface area contributed by atoms with Gasteiger partial charge in [-0.25, -0.2) is 4.98 Å². The first-order valence-corrected chi connectivity index (χ1v) is 8.52. The van der Waals surface area contributed by atoms with Gasteiger partial charge in [-0.2, -0.15) is 0 Å². The van der Waals surface area contributed by atoms with Crippen molar-refractivity contribution in [1.29, 1.82) is 0 Å². The van der Waals surface area contributed by atoms with Crippen LogP contribution in [0.15, 0.2) is 18.6 Å². The summed E-state index contributed by atoms with van der Waals surface area (Å²) in [5.41, 5.74) is 0. The van der Waals surface area contributed by atoms with Crippen LogP contribution < -0.4 is 4.90 Å². The molecule has 6 heteroatoms. The molecule has 1 amide bonds. The molecule has 2 saturated heterocycles. The number of aromatic nitrogens is 2. The number of likely N-dealkylation sites (tertiary alicyclic amines) is 1. The van der Waals surface area contributed by atoms with Crippen molar-refractivity contribution in [3.05, 3.63) is 18.6 Å². The molecule has 2 aliphatic heterocycles. The first kappa shape index (κ1) is 16.2. The summed E-state index contributed by atoms with van der Waals surface area (Å²) in [4.78, 5) is 27.9. The van der Waals surface area contributed by atoms with Crippen molar-refractivity contribution in [2.45, 2.75) is 25.8 Å². The number of piperidine rings is 1. The maximum Gasteiger partial charge on any atom is 0.225 e. The van der Waals surface area contributed by atoms with E-state index < -0.39 is 0 Å². The van der Waals surface area contributed by atoms with E-state index in [1.807, 2.05) is 0 Å². The molecule has 2 fully saturated rings. The molecule has 2 aliphatic rings. The molecule has 0 saturated carbocycles. The number of carbonyl (C=O) groups excluding carboxylic acids is 1. The quantitative estimate of drug-likeness (QED) is 0.836. The van der Waals surface area contributed by atoms with Gasteiger partial charge >= 0.3 is 0 Å². The Balaban J connectivity index is 1.55. The van der Waals surface area contributed by atoms with Gasteiger partial charge in [0.25, 0.3) is 0 Å². The molecule has 3 heterocycles. The maximum atomic E-state index is 12.8. The fourth-order valence-electron chi connectivity index (χ4n) is 3.87. The SMILES string of the molecule is CC1CN(C(=O)C2CCN(c3cnccn3)CC2)CC1N(C)C. The Kier molecular flexibility index (Phi) is 4.80. The summed E-state index contributed by atoms with van der Waals surface area (Å²) in [5.74, 6) is 1.98. The molecule has 0 aliphatic carbocycles. The van der Waals surface area contributed by atoms with Gasteiger partial charge in [-0.15, -0.1) is 0 Å². The molecular formula is C17H27N5O. The highest BCUT2D eigenvalue weighted by atomic mass is 16.2. The van der Waals surface area contributed by atoms with Crippen molar-refractivity contribution in [1.82, 2.24) is 19.8 Å². The molecular weight excluding hydrogens is 290 g/mol. The van der Waals surface area contributed by atoms with Crippen LogP contribution in [0.5, 0.6) is 0 Å². The normalized spacial score (nSPS) is 26.1. The number of hydrogen-bond acceptors (Lipinski definition) is 5. The van der Waals surface area contributed by atoms with Crippen LogP contribution in [-0.4, -0.2) is 72.0 Å². The largest absolute Gasteiger partial charge is 0.355 e. The third-order valence-electron chi connectivity index (χ3n) is 5.27. The molecule has 0 spiro atoms. The van der Waals surface area contributed by atoms with E-state index in [1.165, 1.54) is 0 Å². The molecule has 126 valence electrons. The summed E-state index contributed by atoms with van der Waals surface area (Å²) < 4.78 is 0. The van der Waals surface area contributed by atoms with Crippen LogP contribution in [-0.2, 0) is 4.79 Å². The lowest BCUT2D eigenvalue weighted by atomic mass is 9.95. The lowest BCUT2D eigenvalue weighted by Crippen LogP contribution is -2.43. The number of anilines is 1. The summed E-state index contributed by atoms with van der Waals surface area (Å²) in [6.07, 6.45) is 7.03. The van der Waals surface area contributed by atoms with Crippen LogP contribution in [0.1, 0.15) is 19.8 Å². The van der Waals surface area contributed by atoms with Crippen LogP contribution >= 0.6 is 0 Å². The molecule has 3 rings (SSSR count). The Morgan fingerprint density at radius 1 is 1.22 bits per heavy atom. The molecule has 1 aromatic heterocycles. The second kappa shape index (κ2) is 6.83. The number of carbonyl (C=O) groups is 1. The molecule has 1 aromatic rings. The minimum atomic E-state index is 0.163. The van der Waals surface area contributed by atoms with Gasteiger partial charge in [0.15, 0.2) is 0 Å². The number of hydrogen-bond donors (Lipinski definition) is 0. The number of rotatable bonds is 3. The van der Waals surface area contributed by atoms with Crippen molar-refractivity contribution in [3.63, 3.8) is 0 Å². The smallest absolute Gasteiger partial charge is 0.225 e. The summed E-state index contributed by atoms with van der Waals surface area (Å²) in [5, 5.41) is 0. The van der Waals surface area contributed by atoms with Gasteiger partial charge in [0.1, 0.15) is 5.82 Å². The second-order valence-corrected chi connectivity index (χ2v) is 7.08. The van der Waals surface area contributed by atoms with Gasteiger partial charge in [0.2, 0.25) is 5.91 Å². The molecule has 2 atom stereocenters. The first-order valence-electron chi connectivity index (χ1n) is 8.52. The molecule has 6 nitrogen and oxygen atoms in total. The molecule has 23 heavy (non-hydrogen) atoms. The minimum absolute atomic E-state index is 0.163. The first-order chi connectivity index (χ1) is 11.1. The monoisotopic (exact) mass is 317 g/mol. The fraction of sp³-hybridized carbons (Fsp3) is 0.706. The van der Waals surface area contributed by atoms with Gasteiger partial charge < -0.3 is 14.7 Å². The zero-order valence-electron chi connectivity index (χ0n) is 14.4. The average molecular weight is 317 g/mol. The average Bonchev–Trinajstić information content (AvgIpc) is 2.97. The standard InChI is InChI=1S/C17H27N5O/c1-13-11-22(12-15(13)20(2)3)17(23)14-4-8-21(9-5-14)16-10-18-6-7-19-16/h6-7,10,13-15H,4-5,8-9,11-12H2,1-3H3. The van der Waals surface area contributed by atoms with Gasteiger partial charge in [0, 0.05) is 50.5 Å². The number of likely N-dealkylation sites (N-methyl/N-ethyl adjacent to an activating group) is 1. The van der Waals surface area contributed by atoms with Gasteiger partial charge in [-0.3, -0.25) is 9.78 Å². The van der Waals surface area contributed by atoms with Crippen molar-refractivity contribution in [2.75, 3.05) is 45.2 Å². The van der Waals surface area contributed by atoms with E-state index in [1.54, 1.807) is 18.6 Å². The van der Waals surface area contributed by atoms with Crippen LogP contribution in [0.4, 0.5) is 5.82 Å². The van der Waals surface area contributed by atoms with E-state index in [2.05, 4.69) is 45.7 Å². The van der Waals surface area contributed by atoms with Crippen LogP contribution in [0.2, 0.25) is 0 Å². The van der Waals surface area contributed by atoms with E-state index in [0.29, 0.717) is 17.9 Å². The van der Waals surface area contributed by atoms with E-state index in [4.69, 9.17) is 0 Å². The van der Waals surface area contributed by atoms with E-state index in [0.717, 1.165) is 44.8 Å². The fourth-order valence-corrected chi connectivity index (χ4v) is 3.87. The van der Waals surface area contributed by atoms with Gasteiger partial charge in [-0.05, 0) is 32.9 Å². The third kappa shape index (κ3) is 3.47. The number of nitrogens with zero attached hydrogens (tertiary/aromatic N) is 5. The molecule has 0 aromatic carbocycles. The summed E-state index contributed by atoms with van der Waals surface area (Å²) >= 11 is 0. The predicted octanol–water partition coefficient (Wildman–Crippen LogP) is 1.10. The van der Waals surface area contributed by atoms with Crippen LogP contribution in [0, 0.1) is 11.8 Å². The van der Waals surface area contributed by atoms with Crippen LogP contribution in [0.3, 0.4) is 0 Å². The Labute approximate surface area is 138 Å². The third-order valence-corrected chi connectivity index (χ3v) is 5.27. The molecule has 0 radical (unpaired) electrons. The summed E-state index contributed by atoms with van der Waals surface area (Å²) in [7, 11) is 4.21. The van der Waals surface area contributed by atoms with Crippen molar-refractivity contribution in [2.24, 2.45) is 11.8 Å². The topological polar surface area (TPSA) is 52.6 Å². The summed E-state index contributed by atoms with van der Waals surface area (Å²) in [6.45, 7) is 5.78.